The largest absolute Gasteiger partial charge is 0.355 e. The highest BCUT2D eigenvalue weighted by Crippen LogP contribution is 2.24. The van der Waals surface area contributed by atoms with Crippen LogP contribution >= 0.6 is 11.6 Å². The SMILES string of the molecule is CCCNC(=O)CN(C)c1nc(C(C)C)nc(Cl)c1C. The van der Waals surface area contributed by atoms with Crippen LogP contribution in [-0.2, 0) is 4.79 Å². The number of anilines is 1. The van der Waals surface area contributed by atoms with Gasteiger partial charge in [-0.3, -0.25) is 4.79 Å². The smallest absolute Gasteiger partial charge is 0.239 e. The summed E-state index contributed by atoms with van der Waals surface area (Å²) >= 11 is 6.15. The number of carbonyl (C=O) groups is 1. The molecule has 0 radical (unpaired) electrons. The summed E-state index contributed by atoms with van der Waals surface area (Å²) in [4.78, 5) is 22.4. The van der Waals surface area contributed by atoms with E-state index in [4.69, 9.17) is 11.6 Å². The lowest BCUT2D eigenvalue weighted by molar-refractivity contribution is -0.119. The highest BCUT2D eigenvalue weighted by Gasteiger charge is 2.16. The lowest BCUT2D eigenvalue weighted by Crippen LogP contribution is -2.36. The topological polar surface area (TPSA) is 58.1 Å². The van der Waals surface area contributed by atoms with Crippen molar-refractivity contribution in [2.24, 2.45) is 0 Å². The molecule has 6 heteroatoms. The second-order valence-electron chi connectivity index (χ2n) is 5.18. The number of likely N-dealkylation sites (N-methyl/N-ethyl adjacent to an activating group) is 1. The van der Waals surface area contributed by atoms with Crippen molar-refractivity contribution in [1.82, 2.24) is 15.3 Å². The van der Waals surface area contributed by atoms with E-state index in [1.165, 1.54) is 0 Å². The summed E-state index contributed by atoms with van der Waals surface area (Å²) < 4.78 is 0. The molecule has 1 heterocycles. The Morgan fingerprint density at radius 3 is 2.60 bits per heavy atom. The van der Waals surface area contributed by atoms with Gasteiger partial charge < -0.3 is 10.2 Å². The number of aromatic nitrogens is 2. The number of halogens is 1. The number of hydrogen-bond acceptors (Lipinski definition) is 4. The highest BCUT2D eigenvalue weighted by atomic mass is 35.5. The number of nitrogens with one attached hydrogen (secondary N) is 1. The lowest BCUT2D eigenvalue weighted by Gasteiger charge is -2.21. The fourth-order valence-electron chi connectivity index (χ4n) is 1.73. The maximum absolute atomic E-state index is 11.8. The second kappa shape index (κ2) is 7.43. The highest BCUT2D eigenvalue weighted by molar-refractivity contribution is 6.30. The molecule has 1 rings (SSSR count). The Kier molecular flexibility index (Phi) is 6.20. The molecule has 0 bridgehead atoms. The average molecular weight is 299 g/mol. The summed E-state index contributed by atoms with van der Waals surface area (Å²) in [6.07, 6.45) is 0.922. The van der Waals surface area contributed by atoms with Crippen molar-refractivity contribution in [3.05, 3.63) is 16.5 Å². The third-order valence-electron chi connectivity index (χ3n) is 2.91. The molecule has 1 N–H and O–H groups in total. The van der Waals surface area contributed by atoms with Crippen LogP contribution < -0.4 is 10.2 Å². The molecule has 0 aromatic carbocycles. The zero-order chi connectivity index (χ0) is 15.3. The number of rotatable bonds is 6. The van der Waals surface area contributed by atoms with Gasteiger partial charge in [0.05, 0.1) is 6.54 Å². The summed E-state index contributed by atoms with van der Waals surface area (Å²) in [5, 5.41) is 3.29. The normalized spacial score (nSPS) is 10.8. The van der Waals surface area contributed by atoms with Crippen molar-refractivity contribution in [3.63, 3.8) is 0 Å². The second-order valence-corrected chi connectivity index (χ2v) is 5.54. The maximum Gasteiger partial charge on any atom is 0.239 e. The van der Waals surface area contributed by atoms with Crippen LogP contribution in [0.25, 0.3) is 0 Å². The van der Waals surface area contributed by atoms with Gasteiger partial charge in [0.15, 0.2) is 0 Å². The van der Waals surface area contributed by atoms with Gasteiger partial charge in [0.2, 0.25) is 5.91 Å². The van der Waals surface area contributed by atoms with Crippen molar-refractivity contribution < 1.29 is 4.79 Å². The van der Waals surface area contributed by atoms with E-state index in [9.17, 15) is 4.79 Å². The molecular weight excluding hydrogens is 276 g/mol. The van der Waals surface area contributed by atoms with Crippen LogP contribution in [0.1, 0.15) is 44.5 Å². The molecule has 5 nitrogen and oxygen atoms in total. The summed E-state index contributed by atoms with van der Waals surface area (Å²) in [7, 11) is 1.83. The molecule has 20 heavy (non-hydrogen) atoms. The Balaban J connectivity index is 2.91. The first kappa shape index (κ1) is 16.7. The van der Waals surface area contributed by atoms with Crippen LogP contribution in [0.2, 0.25) is 5.15 Å². The lowest BCUT2D eigenvalue weighted by atomic mass is 10.2. The average Bonchev–Trinajstić information content (AvgIpc) is 2.38. The van der Waals surface area contributed by atoms with Gasteiger partial charge in [-0.1, -0.05) is 32.4 Å². The molecule has 0 atom stereocenters. The van der Waals surface area contributed by atoms with Gasteiger partial charge >= 0.3 is 0 Å². The summed E-state index contributed by atoms with van der Waals surface area (Å²) in [5.41, 5.74) is 0.793. The minimum atomic E-state index is -0.0189. The summed E-state index contributed by atoms with van der Waals surface area (Å²) in [6.45, 7) is 8.85. The van der Waals surface area contributed by atoms with Gasteiger partial charge in [0.25, 0.3) is 0 Å². The van der Waals surface area contributed by atoms with Crippen molar-refractivity contribution in [1.29, 1.82) is 0 Å². The number of amides is 1. The fourth-order valence-corrected chi connectivity index (χ4v) is 1.91. The predicted molar refractivity (Wildman–Crippen MR) is 82.4 cm³/mol. The van der Waals surface area contributed by atoms with Crippen molar-refractivity contribution in [2.75, 3.05) is 25.0 Å². The minimum absolute atomic E-state index is 0.0189. The molecule has 0 unspecified atom stereocenters. The zero-order valence-corrected chi connectivity index (χ0v) is 13.6. The predicted octanol–water partition coefficient (Wildman–Crippen LogP) is 2.52. The molecule has 0 spiro atoms. The van der Waals surface area contributed by atoms with E-state index in [0.29, 0.717) is 23.3 Å². The molecule has 0 saturated heterocycles. The van der Waals surface area contributed by atoms with Crippen molar-refractivity contribution >= 4 is 23.3 Å². The van der Waals surface area contributed by atoms with E-state index in [1.54, 1.807) is 4.90 Å². The van der Waals surface area contributed by atoms with E-state index >= 15 is 0 Å². The first-order valence-electron chi connectivity index (χ1n) is 6.88. The fraction of sp³-hybridized carbons (Fsp3) is 0.643. The Labute approximate surface area is 125 Å². The number of carbonyl (C=O) groups excluding carboxylic acids is 1. The third kappa shape index (κ3) is 4.34. The molecule has 1 aromatic heterocycles. The van der Waals surface area contributed by atoms with Crippen LogP contribution in [-0.4, -0.2) is 36.0 Å². The molecule has 0 aliphatic rings. The van der Waals surface area contributed by atoms with Gasteiger partial charge in [-0.15, -0.1) is 0 Å². The number of nitrogens with zero attached hydrogens (tertiary/aromatic N) is 3. The first-order chi connectivity index (χ1) is 9.36. The minimum Gasteiger partial charge on any atom is -0.355 e. The van der Waals surface area contributed by atoms with Crippen LogP contribution in [0.3, 0.4) is 0 Å². The molecular formula is C14H23ClN4O. The maximum atomic E-state index is 11.8. The summed E-state index contributed by atoms with van der Waals surface area (Å²) in [5.74, 6) is 1.57. The Morgan fingerprint density at radius 2 is 2.05 bits per heavy atom. The van der Waals surface area contributed by atoms with E-state index in [2.05, 4.69) is 15.3 Å². The third-order valence-corrected chi connectivity index (χ3v) is 3.28. The van der Waals surface area contributed by atoms with Crippen molar-refractivity contribution in [2.45, 2.75) is 40.0 Å². The van der Waals surface area contributed by atoms with Gasteiger partial charge in [-0.25, -0.2) is 9.97 Å². The number of hydrogen-bond donors (Lipinski definition) is 1. The molecule has 1 aromatic rings. The van der Waals surface area contributed by atoms with Crippen LogP contribution in [0, 0.1) is 6.92 Å². The van der Waals surface area contributed by atoms with Crippen LogP contribution in [0.4, 0.5) is 5.82 Å². The molecule has 0 aliphatic heterocycles. The summed E-state index contributed by atoms with van der Waals surface area (Å²) in [6, 6.07) is 0. The van der Waals surface area contributed by atoms with Gasteiger partial charge in [-0.05, 0) is 13.3 Å². The molecule has 0 fully saturated rings. The van der Waals surface area contributed by atoms with Crippen molar-refractivity contribution in [3.8, 4) is 0 Å². The van der Waals surface area contributed by atoms with E-state index in [-0.39, 0.29) is 18.4 Å². The molecule has 0 aliphatic carbocycles. The van der Waals surface area contributed by atoms with E-state index in [0.717, 1.165) is 12.0 Å². The van der Waals surface area contributed by atoms with E-state index in [1.807, 2.05) is 34.7 Å². The van der Waals surface area contributed by atoms with Crippen LogP contribution in [0.15, 0.2) is 0 Å². The van der Waals surface area contributed by atoms with Crippen LogP contribution in [0.5, 0.6) is 0 Å². The first-order valence-corrected chi connectivity index (χ1v) is 7.26. The Morgan fingerprint density at radius 1 is 1.40 bits per heavy atom. The van der Waals surface area contributed by atoms with E-state index < -0.39 is 0 Å². The monoisotopic (exact) mass is 298 g/mol. The van der Waals surface area contributed by atoms with Gasteiger partial charge in [-0.2, -0.15) is 0 Å². The Hall–Kier alpha value is -1.36. The molecule has 0 saturated carbocycles. The molecule has 1 amide bonds. The Bertz CT molecular complexity index is 476. The van der Waals surface area contributed by atoms with Gasteiger partial charge in [0, 0.05) is 25.1 Å². The quantitative estimate of drug-likeness (QED) is 0.820. The molecule has 112 valence electrons. The standard InChI is InChI=1S/C14H23ClN4O/c1-6-7-16-11(20)8-19(5)14-10(4)12(15)17-13(18-14)9(2)3/h9H,6-8H2,1-5H3,(H,16,20). The van der Waals surface area contributed by atoms with Gasteiger partial charge in [0.1, 0.15) is 16.8 Å². The zero-order valence-electron chi connectivity index (χ0n) is 12.8.